The second-order valence-electron chi connectivity index (χ2n) is 4.35. The maximum atomic E-state index is 11.2. The number of aromatic hydroxyl groups is 1. The minimum Gasteiger partial charge on any atom is -0.507 e. The van der Waals surface area contributed by atoms with E-state index in [4.69, 9.17) is 5.73 Å². The van der Waals surface area contributed by atoms with Crippen LogP contribution in [0.5, 0.6) is 5.75 Å². The molecule has 0 radical (unpaired) electrons. The van der Waals surface area contributed by atoms with Crippen LogP contribution in [0.3, 0.4) is 0 Å². The van der Waals surface area contributed by atoms with Gasteiger partial charge in [0.15, 0.2) is 0 Å². The Labute approximate surface area is 112 Å². The normalized spacial score (nSPS) is 11.3. The third-order valence-electron chi connectivity index (χ3n) is 2.81. The highest BCUT2D eigenvalue weighted by molar-refractivity contribution is 5.99. The molecule has 0 aliphatic rings. The first-order chi connectivity index (χ1) is 9.08. The van der Waals surface area contributed by atoms with E-state index in [-0.39, 0.29) is 5.75 Å². The highest BCUT2D eigenvalue weighted by atomic mass is 16.3. The number of hydrogen-bond acceptors (Lipinski definition) is 2. The van der Waals surface area contributed by atoms with Crippen LogP contribution in [0.25, 0.3) is 5.57 Å². The zero-order valence-corrected chi connectivity index (χ0v) is 10.6. The zero-order valence-electron chi connectivity index (χ0n) is 10.6. The van der Waals surface area contributed by atoms with Gasteiger partial charge >= 0.3 is 0 Å². The van der Waals surface area contributed by atoms with Gasteiger partial charge in [-0.05, 0) is 30.2 Å². The summed E-state index contributed by atoms with van der Waals surface area (Å²) in [6, 6.07) is 14.6. The molecule has 2 aromatic rings. The number of phenols is 1. The second-order valence-corrected chi connectivity index (χ2v) is 4.35. The lowest BCUT2D eigenvalue weighted by atomic mass is 9.95. The molecule has 0 bridgehead atoms. The van der Waals surface area contributed by atoms with Crippen LogP contribution in [0.4, 0.5) is 0 Å². The minimum atomic E-state index is -0.542. The molecular formula is C16H15NO2. The predicted octanol–water partition coefficient (Wildman–Crippen LogP) is 2.62. The van der Waals surface area contributed by atoms with Crippen molar-refractivity contribution in [1.29, 1.82) is 0 Å². The van der Waals surface area contributed by atoms with E-state index in [1.165, 1.54) is 6.08 Å². The Hall–Kier alpha value is -2.55. The molecule has 0 aromatic heterocycles. The maximum absolute atomic E-state index is 11.2. The first-order valence-corrected chi connectivity index (χ1v) is 5.94. The Morgan fingerprint density at radius 2 is 1.84 bits per heavy atom. The van der Waals surface area contributed by atoms with E-state index < -0.39 is 5.91 Å². The number of nitrogens with two attached hydrogens (primary N) is 1. The minimum absolute atomic E-state index is 0.127. The van der Waals surface area contributed by atoms with Crippen molar-refractivity contribution in [2.24, 2.45) is 5.73 Å². The summed E-state index contributed by atoms with van der Waals surface area (Å²) in [5.41, 5.74) is 8.32. The Bertz CT molecular complexity index is 630. The lowest BCUT2D eigenvalue weighted by molar-refractivity contribution is -0.113. The number of carbonyl (C=O) groups excluding carboxylic acids is 1. The fourth-order valence-electron chi connectivity index (χ4n) is 1.94. The van der Waals surface area contributed by atoms with Crippen molar-refractivity contribution in [2.45, 2.75) is 6.92 Å². The van der Waals surface area contributed by atoms with E-state index >= 15 is 0 Å². The average Bonchev–Trinajstić information content (AvgIpc) is 2.40. The molecular weight excluding hydrogens is 238 g/mol. The number of phenolic OH excluding ortho intramolecular Hbond substituents is 1. The molecule has 0 heterocycles. The van der Waals surface area contributed by atoms with E-state index in [1.54, 1.807) is 6.07 Å². The fraction of sp³-hybridized carbons (Fsp3) is 0.0625. The molecule has 2 aromatic carbocycles. The highest BCUT2D eigenvalue weighted by Gasteiger charge is 2.11. The van der Waals surface area contributed by atoms with Gasteiger partial charge < -0.3 is 10.8 Å². The van der Waals surface area contributed by atoms with Crippen LogP contribution in [0.15, 0.2) is 54.6 Å². The van der Waals surface area contributed by atoms with Crippen molar-refractivity contribution < 1.29 is 9.90 Å². The molecule has 0 spiro atoms. The number of rotatable bonds is 3. The van der Waals surface area contributed by atoms with Crippen LogP contribution >= 0.6 is 0 Å². The zero-order chi connectivity index (χ0) is 13.8. The van der Waals surface area contributed by atoms with Gasteiger partial charge in [-0.3, -0.25) is 4.79 Å². The van der Waals surface area contributed by atoms with Gasteiger partial charge in [0.1, 0.15) is 5.75 Å². The van der Waals surface area contributed by atoms with Gasteiger partial charge in [-0.25, -0.2) is 0 Å². The number of benzene rings is 2. The van der Waals surface area contributed by atoms with E-state index in [0.717, 1.165) is 11.1 Å². The van der Waals surface area contributed by atoms with E-state index in [1.807, 2.05) is 49.4 Å². The molecule has 0 aliphatic carbocycles. The third-order valence-corrected chi connectivity index (χ3v) is 2.81. The van der Waals surface area contributed by atoms with Crippen molar-refractivity contribution in [1.82, 2.24) is 0 Å². The third kappa shape index (κ3) is 3.01. The molecule has 0 unspecified atom stereocenters. The van der Waals surface area contributed by atoms with Crippen molar-refractivity contribution >= 4 is 11.5 Å². The molecule has 0 atom stereocenters. The molecule has 3 nitrogen and oxygen atoms in total. The number of primary amides is 1. The van der Waals surface area contributed by atoms with Crippen LogP contribution in [0.2, 0.25) is 0 Å². The van der Waals surface area contributed by atoms with Crippen molar-refractivity contribution in [3.05, 3.63) is 71.3 Å². The molecule has 96 valence electrons. The summed E-state index contributed by atoms with van der Waals surface area (Å²) >= 11 is 0. The standard InChI is InChI=1S/C16H15NO2/c1-11-7-8-15(18)14(9-11)13(10-16(17)19)12-5-3-2-4-6-12/h2-10,18H,1H3,(H2,17,19)/b13-10-. The molecule has 0 fully saturated rings. The van der Waals surface area contributed by atoms with E-state index in [0.29, 0.717) is 11.1 Å². The van der Waals surface area contributed by atoms with Crippen LogP contribution in [0, 0.1) is 6.92 Å². The van der Waals surface area contributed by atoms with E-state index in [2.05, 4.69) is 0 Å². The Kier molecular flexibility index (Phi) is 3.66. The van der Waals surface area contributed by atoms with Crippen molar-refractivity contribution in [3.8, 4) is 5.75 Å². The van der Waals surface area contributed by atoms with Gasteiger partial charge in [0.05, 0.1) is 0 Å². The summed E-state index contributed by atoms with van der Waals surface area (Å²) in [6.45, 7) is 1.93. The molecule has 3 heteroatoms. The van der Waals surface area contributed by atoms with Crippen LogP contribution in [0.1, 0.15) is 16.7 Å². The quantitative estimate of drug-likeness (QED) is 0.826. The Balaban J connectivity index is 2.63. The SMILES string of the molecule is Cc1ccc(O)c(/C(=C\C(N)=O)c2ccccc2)c1. The van der Waals surface area contributed by atoms with Gasteiger partial charge in [0.2, 0.25) is 5.91 Å². The second kappa shape index (κ2) is 5.40. The largest absolute Gasteiger partial charge is 0.507 e. The van der Waals surface area contributed by atoms with Crippen molar-refractivity contribution in [2.75, 3.05) is 0 Å². The summed E-state index contributed by atoms with van der Waals surface area (Å²) in [5.74, 6) is -0.415. The van der Waals surface area contributed by atoms with Gasteiger partial charge in [-0.15, -0.1) is 0 Å². The molecule has 3 N–H and O–H groups in total. The summed E-state index contributed by atoms with van der Waals surface area (Å²) < 4.78 is 0. The smallest absolute Gasteiger partial charge is 0.242 e. The fourth-order valence-corrected chi connectivity index (χ4v) is 1.94. The lowest BCUT2D eigenvalue weighted by Gasteiger charge is -2.10. The van der Waals surface area contributed by atoms with Gasteiger partial charge in [-0.2, -0.15) is 0 Å². The van der Waals surface area contributed by atoms with Gasteiger partial charge in [-0.1, -0.05) is 42.0 Å². The molecule has 2 rings (SSSR count). The summed E-state index contributed by atoms with van der Waals surface area (Å²) in [5, 5.41) is 9.99. The Morgan fingerprint density at radius 3 is 2.47 bits per heavy atom. The predicted molar refractivity (Wildman–Crippen MR) is 75.6 cm³/mol. The summed E-state index contributed by atoms with van der Waals surface area (Å²) in [6.07, 6.45) is 1.34. The first-order valence-electron chi connectivity index (χ1n) is 5.94. The molecule has 1 amide bonds. The van der Waals surface area contributed by atoms with Gasteiger partial charge in [0.25, 0.3) is 0 Å². The van der Waals surface area contributed by atoms with E-state index in [9.17, 15) is 9.90 Å². The highest BCUT2D eigenvalue weighted by Crippen LogP contribution is 2.30. The molecule has 19 heavy (non-hydrogen) atoms. The number of carbonyl (C=O) groups is 1. The van der Waals surface area contributed by atoms with Gasteiger partial charge in [0, 0.05) is 11.6 Å². The summed E-state index contributed by atoms with van der Waals surface area (Å²) in [4.78, 5) is 11.2. The maximum Gasteiger partial charge on any atom is 0.242 e. The number of hydrogen-bond donors (Lipinski definition) is 2. The number of amides is 1. The monoisotopic (exact) mass is 253 g/mol. The first kappa shape index (κ1) is 12.9. The molecule has 0 saturated heterocycles. The average molecular weight is 253 g/mol. The van der Waals surface area contributed by atoms with Crippen LogP contribution < -0.4 is 5.73 Å². The Morgan fingerprint density at radius 1 is 1.16 bits per heavy atom. The molecule has 0 saturated carbocycles. The molecule has 0 aliphatic heterocycles. The summed E-state index contributed by atoms with van der Waals surface area (Å²) in [7, 11) is 0. The topological polar surface area (TPSA) is 63.3 Å². The van der Waals surface area contributed by atoms with Crippen LogP contribution in [-0.4, -0.2) is 11.0 Å². The number of aryl methyl sites for hydroxylation is 1. The lowest BCUT2D eigenvalue weighted by Crippen LogP contribution is -2.07. The van der Waals surface area contributed by atoms with Crippen LogP contribution in [-0.2, 0) is 4.79 Å². The van der Waals surface area contributed by atoms with Crippen molar-refractivity contribution in [3.63, 3.8) is 0 Å².